The first-order valence-electron chi connectivity index (χ1n) is 6.51. The Bertz CT molecular complexity index is 459. The fourth-order valence-corrected chi connectivity index (χ4v) is 1.75. The lowest BCUT2D eigenvalue weighted by Gasteiger charge is -2.10. The Balaban J connectivity index is 1.81. The molecule has 0 heterocycles. The molecule has 19 heavy (non-hydrogen) atoms. The van der Waals surface area contributed by atoms with Gasteiger partial charge in [-0.15, -0.1) is 0 Å². The molecule has 3 N–H and O–H groups in total. The van der Waals surface area contributed by atoms with Gasteiger partial charge >= 0.3 is 0 Å². The van der Waals surface area contributed by atoms with Crippen LogP contribution in [0.2, 0.25) is 0 Å². The number of ether oxygens (including phenoxy) is 1. The van der Waals surface area contributed by atoms with Crippen LogP contribution in [-0.2, 0) is 4.79 Å². The number of halogens is 1. The molecule has 0 spiro atoms. The van der Waals surface area contributed by atoms with E-state index in [0.29, 0.717) is 23.8 Å². The largest absolute Gasteiger partial charge is 0.484 e. The predicted octanol–water partition coefficient (Wildman–Crippen LogP) is 1.75. The average molecular weight is 266 g/mol. The van der Waals surface area contributed by atoms with E-state index in [4.69, 9.17) is 10.5 Å². The van der Waals surface area contributed by atoms with E-state index in [1.807, 2.05) is 0 Å². The Morgan fingerprint density at radius 2 is 2.32 bits per heavy atom. The highest BCUT2D eigenvalue weighted by molar-refractivity contribution is 5.77. The van der Waals surface area contributed by atoms with Crippen molar-refractivity contribution in [3.63, 3.8) is 0 Å². The van der Waals surface area contributed by atoms with Crippen molar-refractivity contribution in [1.82, 2.24) is 5.32 Å². The minimum Gasteiger partial charge on any atom is -0.484 e. The van der Waals surface area contributed by atoms with E-state index in [9.17, 15) is 9.18 Å². The number of amides is 1. The Kier molecular flexibility index (Phi) is 4.37. The van der Waals surface area contributed by atoms with Gasteiger partial charge in [0.1, 0.15) is 11.6 Å². The van der Waals surface area contributed by atoms with E-state index in [0.717, 1.165) is 0 Å². The van der Waals surface area contributed by atoms with E-state index in [2.05, 4.69) is 5.32 Å². The zero-order valence-corrected chi connectivity index (χ0v) is 11.0. The normalized spacial score (nSPS) is 15.9. The summed E-state index contributed by atoms with van der Waals surface area (Å²) < 4.78 is 18.9. The molecular formula is C14H19FN2O2. The number of benzene rings is 1. The molecule has 1 aliphatic rings. The van der Waals surface area contributed by atoms with Crippen LogP contribution in [0.5, 0.6) is 5.75 Å². The maximum Gasteiger partial charge on any atom is 0.257 e. The topological polar surface area (TPSA) is 64.3 Å². The van der Waals surface area contributed by atoms with Crippen molar-refractivity contribution in [2.45, 2.75) is 25.8 Å². The number of nitrogens with two attached hydrogens (primary N) is 1. The smallest absolute Gasteiger partial charge is 0.257 e. The van der Waals surface area contributed by atoms with Crippen LogP contribution in [0.4, 0.5) is 4.39 Å². The third-order valence-corrected chi connectivity index (χ3v) is 3.12. The van der Waals surface area contributed by atoms with Crippen molar-refractivity contribution in [3.8, 4) is 5.75 Å². The highest BCUT2D eigenvalue weighted by Gasteiger charge is 2.21. The fraction of sp³-hybridized carbons (Fsp3) is 0.500. The second-order valence-electron chi connectivity index (χ2n) is 5.01. The molecule has 5 heteroatoms. The molecule has 1 saturated carbocycles. The second-order valence-corrected chi connectivity index (χ2v) is 5.01. The van der Waals surface area contributed by atoms with Gasteiger partial charge < -0.3 is 15.8 Å². The van der Waals surface area contributed by atoms with Crippen molar-refractivity contribution >= 4 is 5.91 Å². The van der Waals surface area contributed by atoms with E-state index in [-0.39, 0.29) is 18.6 Å². The Morgan fingerprint density at radius 3 is 2.89 bits per heavy atom. The molecule has 1 aliphatic carbocycles. The Morgan fingerprint density at radius 1 is 1.58 bits per heavy atom. The molecule has 0 aliphatic heterocycles. The molecule has 0 aromatic heterocycles. The van der Waals surface area contributed by atoms with Crippen LogP contribution in [-0.4, -0.2) is 19.1 Å². The molecule has 4 nitrogen and oxygen atoms in total. The molecule has 1 fully saturated rings. The fourth-order valence-electron chi connectivity index (χ4n) is 1.75. The van der Waals surface area contributed by atoms with Gasteiger partial charge in [0.15, 0.2) is 6.61 Å². The van der Waals surface area contributed by atoms with Crippen LogP contribution in [0.1, 0.15) is 31.4 Å². The Labute approximate surface area is 112 Å². The number of hydrogen-bond donors (Lipinski definition) is 2. The Hall–Kier alpha value is -1.62. The lowest BCUT2D eigenvalue weighted by Crippen LogP contribution is -2.30. The predicted molar refractivity (Wildman–Crippen MR) is 70.2 cm³/mol. The monoisotopic (exact) mass is 266 g/mol. The molecule has 0 radical (unpaired) electrons. The molecular weight excluding hydrogens is 247 g/mol. The highest BCUT2D eigenvalue weighted by atomic mass is 19.1. The summed E-state index contributed by atoms with van der Waals surface area (Å²) in [5.41, 5.74) is 6.05. The molecule has 0 saturated heterocycles. The summed E-state index contributed by atoms with van der Waals surface area (Å²) >= 11 is 0. The maximum atomic E-state index is 13.6. The van der Waals surface area contributed by atoms with Crippen molar-refractivity contribution in [1.29, 1.82) is 0 Å². The summed E-state index contributed by atoms with van der Waals surface area (Å²) in [4.78, 5) is 11.5. The summed E-state index contributed by atoms with van der Waals surface area (Å²) in [5.74, 6) is 0.379. The van der Waals surface area contributed by atoms with Crippen LogP contribution in [0, 0.1) is 11.7 Å². The van der Waals surface area contributed by atoms with E-state index in [1.54, 1.807) is 19.1 Å². The van der Waals surface area contributed by atoms with E-state index < -0.39 is 5.82 Å². The third-order valence-electron chi connectivity index (χ3n) is 3.12. The quantitative estimate of drug-likeness (QED) is 0.824. The highest BCUT2D eigenvalue weighted by Crippen LogP contribution is 2.27. The van der Waals surface area contributed by atoms with Crippen molar-refractivity contribution in [2.75, 3.05) is 13.2 Å². The molecule has 1 amide bonds. The lowest BCUT2D eigenvalue weighted by molar-refractivity contribution is -0.123. The number of carbonyl (C=O) groups is 1. The van der Waals surface area contributed by atoms with Gasteiger partial charge in [0, 0.05) is 24.2 Å². The molecule has 104 valence electrons. The van der Waals surface area contributed by atoms with Gasteiger partial charge in [0.25, 0.3) is 5.91 Å². The van der Waals surface area contributed by atoms with Crippen molar-refractivity contribution in [3.05, 3.63) is 29.6 Å². The summed E-state index contributed by atoms with van der Waals surface area (Å²) in [7, 11) is 0. The molecule has 1 atom stereocenters. The zero-order valence-electron chi connectivity index (χ0n) is 11.0. The van der Waals surface area contributed by atoms with Crippen LogP contribution >= 0.6 is 0 Å². The minimum absolute atomic E-state index is 0.0936. The number of rotatable bonds is 6. The van der Waals surface area contributed by atoms with E-state index >= 15 is 0 Å². The van der Waals surface area contributed by atoms with Gasteiger partial charge in [-0.25, -0.2) is 4.39 Å². The van der Waals surface area contributed by atoms with Crippen LogP contribution < -0.4 is 15.8 Å². The third kappa shape index (κ3) is 4.21. The number of nitrogens with one attached hydrogen (secondary N) is 1. The summed E-state index contributed by atoms with van der Waals surface area (Å²) in [5, 5.41) is 2.78. The number of hydrogen-bond acceptors (Lipinski definition) is 3. The standard InChI is InChI=1S/C14H19FN2O2/c1-9(16)12-5-4-11(6-13(12)15)19-8-14(18)17-7-10-2-3-10/h4-6,9-10H,2-3,7-8,16H2,1H3,(H,17,18)/t9-/m0/s1. The minimum atomic E-state index is -0.411. The molecule has 1 aromatic rings. The SMILES string of the molecule is C[C@H](N)c1ccc(OCC(=O)NCC2CC2)cc1F. The summed E-state index contributed by atoms with van der Waals surface area (Å²) in [6.45, 7) is 2.33. The van der Waals surface area contributed by atoms with Gasteiger partial charge in [0.05, 0.1) is 0 Å². The average Bonchev–Trinajstić information content (AvgIpc) is 3.17. The first-order chi connectivity index (χ1) is 9.06. The van der Waals surface area contributed by atoms with Crippen molar-refractivity contribution in [2.24, 2.45) is 11.7 Å². The molecule has 0 unspecified atom stereocenters. The van der Waals surface area contributed by atoms with Crippen LogP contribution in [0.25, 0.3) is 0 Å². The summed E-state index contributed by atoms with van der Waals surface area (Å²) in [6.07, 6.45) is 2.37. The lowest BCUT2D eigenvalue weighted by atomic mass is 10.1. The van der Waals surface area contributed by atoms with Gasteiger partial charge in [-0.2, -0.15) is 0 Å². The summed E-state index contributed by atoms with van der Waals surface area (Å²) in [6, 6.07) is 4.09. The van der Waals surface area contributed by atoms with Crippen LogP contribution in [0.15, 0.2) is 18.2 Å². The first kappa shape index (κ1) is 13.8. The van der Waals surface area contributed by atoms with Crippen molar-refractivity contribution < 1.29 is 13.9 Å². The van der Waals surface area contributed by atoms with Gasteiger partial charge in [-0.3, -0.25) is 4.79 Å². The molecule has 0 bridgehead atoms. The van der Waals surface area contributed by atoms with Gasteiger partial charge in [0.2, 0.25) is 0 Å². The number of carbonyl (C=O) groups excluding carboxylic acids is 1. The maximum absolute atomic E-state index is 13.6. The first-order valence-corrected chi connectivity index (χ1v) is 6.51. The second kappa shape index (κ2) is 6.02. The molecule has 1 aromatic carbocycles. The van der Waals surface area contributed by atoms with Crippen LogP contribution in [0.3, 0.4) is 0 Å². The molecule has 2 rings (SSSR count). The van der Waals surface area contributed by atoms with Gasteiger partial charge in [-0.1, -0.05) is 6.07 Å². The zero-order chi connectivity index (χ0) is 13.8. The van der Waals surface area contributed by atoms with E-state index in [1.165, 1.54) is 18.9 Å². The van der Waals surface area contributed by atoms with Gasteiger partial charge in [-0.05, 0) is 31.7 Å².